The Morgan fingerprint density at radius 3 is 2.83 bits per heavy atom. The van der Waals surface area contributed by atoms with Crippen molar-refractivity contribution in [3.63, 3.8) is 0 Å². The topological polar surface area (TPSA) is 67.8 Å². The lowest BCUT2D eigenvalue weighted by atomic mass is 10.3. The summed E-state index contributed by atoms with van der Waals surface area (Å²) in [6.45, 7) is 3.71. The summed E-state index contributed by atoms with van der Waals surface area (Å²) >= 11 is 0. The van der Waals surface area contributed by atoms with Crippen molar-refractivity contribution in [2.45, 2.75) is 32.4 Å². The summed E-state index contributed by atoms with van der Waals surface area (Å²) in [6.07, 6.45) is -2.16. The Labute approximate surface area is 70.7 Å². The summed E-state index contributed by atoms with van der Waals surface area (Å²) in [4.78, 5) is 11.1. The van der Waals surface area contributed by atoms with Gasteiger partial charge in [-0.25, -0.2) is 4.79 Å². The summed E-state index contributed by atoms with van der Waals surface area (Å²) in [5.41, 5.74) is 0. The molecule has 1 aliphatic heterocycles. The molecule has 0 aliphatic carbocycles. The van der Waals surface area contributed by atoms with E-state index in [0.29, 0.717) is 6.61 Å². The Kier molecular flexibility index (Phi) is 3.02. The van der Waals surface area contributed by atoms with Crippen LogP contribution in [0.2, 0.25) is 0 Å². The predicted molar refractivity (Wildman–Crippen MR) is 40.1 cm³/mol. The Morgan fingerprint density at radius 2 is 2.42 bits per heavy atom. The highest BCUT2D eigenvalue weighted by Gasteiger charge is 2.37. The fraction of sp³-hybridized carbons (Fsp3) is 0.857. The van der Waals surface area contributed by atoms with Crippen LogP contribution in [0.1, 0.15) is 13.8 Å². The zero-order valence-electron chi connectivity index (χ0n) is 7.11. The Balaban J connectivity index is 2.46. The number of carbonyl (C=O) groups is 1. The van der Waals surface area contributed by atoms with E-state index in [9.17, 15) is 9.90 Å². The molecule has 5 nitrogen and oxygen atoms in total. The van der Waals surface area contributed by atoms with Gasteiger partial charge in [-0.1, -0.05) is 0 Å². The second-order valence-electron chi connectivity index (χ2n) is 2.56. The Hall–Kier alpha value is -0.650. The molecule has 1 rings (SSSR count). The van der Waals surface area contributed by atoms with Crippen molar-refractivity contribution in [1.29, 1.82) is 0 Å². The van der Waals surface area contributed by atoms with Crippen LogP contribution in [0.5, 0.6) is 0 Å². The normalized spacial score (nSPS) is 35.1. The van der Waals surface area contributed by atoms with Crippen molar-refractivity contribution in [3.05, 3.63) is 0 Å². The molecule has 0 aromatic rings. The smallest absolute Gasteiger partial charge is 0.339 e. The van der Waals surface area contributed by atoms with Gasteiger partial charge in [0.05, 0.1) is 6.61 Å². The maximum absolute atomic E-state index is 11.1. The fourth-order valence-electron chi connectivity index (χ4n) is 1.07. The highest BCUT2D eigenvalue weighted by molar-refractivity contribution is 5.75. The molecule has 1 fully saturated rings. The molecule has 1 saturated heterocycles. The highest BCUT2D eigenvalue weighted by atomic mass is 16.6. The van der Waals surface area contributed by atoms with Gasteiger partial charge in [0, 0.05) is 0 Å². The molecule has 2 N–H and O–H groups in total. The molecule has 1 heterocycles. The molecule has 0 amide bonds. The van der Waals surface area contributed by atoms with Gasteiger partial charge in [-0.15, -0.1) is 0 Å². The fourth-order valence-corrected chi connectivity index (χ4v) is 1.07. The summed E-state index contributed by atoms with van der Waals surface area (Å²) in [6, 6.07) is 0. The molecule has 0 spiro atoms. The largest absolute Gasteiger partial charge is 0.464 e. The highest BCUT2D eigenvalue weighted by Crippen LogP contribution is 2.11. The average Bonchev–Trinajstić information content (AvgIpc) is 2.30. The second-order valence-corrected chi connectivity index (χ2v) is 2.56. The maximum atomic E-state index is 11.1. The summed E-state index contributed by atoms with van der Waals surface area (Å²) in [5, 5.41) is 11.9. The first kappa shape index (κ1) is 9.44. The summed E-state index contributed by atoms with van der Waals surface area (Å²) < 4.78 is 9.73. The molecule has 12 heavy (non-hydrogen) atoms. The number of rotatable bonds is 2. The first-order chi connectivity index (χ1) is 5.65. The van der Waals surface area contributed by atoms with E-state index in [1.54, 1.807) is 13.8 Å². The van der Waals surface area contributed by atoms with E-state index in [2.05, 4.69) is 10.1 Å². The minimum atomic E-state index is -0.959. The lowest BCUT2D eigenvalue weighted by Crippen LogP contribution is -2.37. The number of nitrogens with one attached hydrogen (secondary N) is 1. The van der Waals surface area contributed by atoms with Crippen LogP contribution >= 0.6 is 0 Å². The van der Waals surface area contributed by atoms with Crippen LogP contribution in [0.3, 0.4) is 0 Å². The number of aliphatic hydroxyl groups is 1. The zero-order chi connectivity index (χ0) is 9.14. The molecule has 0 aromatic carbocycles. The first-order valence-electron chi connectivity index (χ1n) is 3.91. The van der Waals surface area contributed by atoms with Crippen LogP contribution < -0.4 is 5.32 Å². The molecular weight excluding hydrogens is 162 g/mol. The van der Waals surface area contributed by atoms with Gasteiger partial charge in [0.25, 0.3) is 0 Å². The molecule has 1 aliphatic rings. The van der Waals surface area contributed by atoms with Crippen molar-refractivity contribution in [2.75, 3.05) is 6.61 Å². The van der Waals surface area contributed by atoms with E-state index >= 15 is 0 Å². The third-order valence-electron chi connectivity index (χ3n) is 1.56. The van der Waals surface area contributed by atoms with Crippen LogP contribution in [0.25, 0.3) is 0 Å². The number of esters is 1. The van der Waals surface area contributed by atoms with Crippen LogP contribution in [0.4, 0.5) is 0 Å². The van der Waals surface area contributed by atoms with Gasteiger partial charge in [0.1, 0.15) is 12.5 Å². The standard InChI is InChI=1S/C7H13NO4/c1-3-11-7(10)5-6(9)8-4(2)12-5/h4-6,8-9H,3H2,1-2H3. The van der Waals surface area contributed by atoms with E-state index in [1.807, 2.05) is 0 Å². The van der Waals surface area contributed by atoms with Crippen LogP contribution in [-0.4, -0.2) is 36.2 Å². The molecule has 0 aromatic heterocycles. The minimum Gasteiger partial charge on any atom is -0.464 e. The Morgan fingerprint density at radius 1 is 1.75 bits per heavy atom. The summed E-state index contributed by atoms with van der Waals surface area (Å²) in [7, 11) is 0. The van der Waals surface area contributed by atoms with Crippen LogP contribution in [-0.2, 0) is 14.3 Å². The van der Waals surface area contributed by atoms with Gasteiger partial charge >= 0.3 is 5.97 Å². The van der Waals surface area contributed by atoms with Crippen molar-refractivity contribution in [3.8, 4) is 0 Å². The summed E-state index contributed by atoms with van der Waals surface area (Å²) in [5.74, 6) is -0.526. The molecule has 3 unspecified atom stereocenters. The van der Waals surface area contributed by atoms with E-state index in [1.165, 1.54) is 0 Å². The van der Waals surface area contributed by atoms with Gasteiger partial charge < -0.3 is 14.6 Å². The van der Waals surface area contributed by atoms with E-state index < -0.39 is 18.3 Å². The monoisotopic (exact) mass is 175 g/mol. The van der Waals surface area contributed by atoms with E-state index in [0.717, 1.165) is 0 Å². The third kappa shape index (κ3) is 1.94. The maximum Gasteiger partial charge on any atom is 0.339 e. The van der Waals surface area contributed by atoms with Gasteiger partial charge in [-0.05, 0) is 13.8 Å². The Bertz CT molecular complexity index is 173. The van der Waals surface area contributed by atoms with Crippen LogP contribution in [0.15, 0.2) is 0 Å². The van der Waals surface area contributed by atoms with Crippen molar-refractivity contribution in [2.24, 2.45) is 0 Å². The SMILES string of the molecule is CCOC(=O)C1OC(C)NC1O. The molecular formula is C7H13NO4. The van der Waals surface area contributed by atoms with Crippen molar-refractivity contribution < 1.29 is 19.4 Å². The van der Waals surface area contributed by atoms with E-state index in [4.69, 9.17) is 4.74 Å². The average molecular weight is 175 g/mol. The molecule has 0 saturated carbocycles. The van der Waals surface area contributed by atoms with Crippen molar-refractivity contribution in [1.82, 2.24) is 5.32 Å². The van der Waals surface area contributed by atoms with Gasteiger partial charge in [0.15, 0.2) is 6.10 Å². The first-order valence-corrected chi connectivity index (χ1v) is 3.91. The number of aliphatic hydroxyl groups excluding tert-OH is 1. The predicted octanol–water partition coefficient (Wildman–Crippen LogP) is -0.798. The zero-order valence-corrected chi connectivity index (χ0v) is 7.11. The third-order valence-corrected chi connectivity index (χ3v) is 1.56. The van der Waals surface area contributed by atoms with Crippen LogP contribution in [0, 0.1) is 0 Å². The molecule has 0 radical (unpaired) electrons. The number of ether oxygens (including phenoxy) is 2. The lowest BCUT2D eigenvalue weighted by Gasteiger charge is -2.10. The lowest BCUT2D eigenvalue weighted by molar-refractivity contribution is -0.159. The number of hydrogen-bond donors (Lipinski definition) is 2. The quantitative estimate of drug-likeness (QED) is 0.538. The van der Waals surface area contributed by atoms with Gasteiger partial charge in [0.2, 0.25) is 0 Å². The molecule has 3 atom stereocenters. The second kappa shape index (κ2) is 3.84. The van der Waals surface area contributed by atoms with Gasteiger partial charge in [-0.2, -0.15) is 0 Å². The minimum absolute atomic E-state index is 0.291. The molecule has 0 bridgehead atoms. The molecule has 70 valence electrons. The number of hydrogen-bond acceptors (Lipinski definition) is 5. The van der Waals surface area contributed by atoms with Crippen molar-refractivity contribution >= 4 is 5.97 Å². The molecule has 5 heteroatoms. The number of carbonyl (C=O) groups excluding carboxylic acids is 1. The van der Waals surface area contributed by atoms with Gasteiger partial charge in [-0.3, -0.25) is 5.32 Å². The van der Waals surface area contributed by atoms with E-state index in [-0.39, 0.29) is 6.23 Å².